The van der Waals surface area contributed by atoms with Crippen LogP contribution < -0.4 is 5.32 Å². The van der Waals surface area contributed by atoms with Crippen LogP contribution in [-0.4, -0.2) is 36.6 Å². The van der Waals surface area contributed by atoms with Gasteiger partial charge in [-0.25, -0.2) is 0 Å². The fourth-order valence-corrected chi connectivity index (χ4v) is 3.55. The van der Waals surface area contributed by atoms with Gasteiger partial charge in [0.1, 0.15) is 0 Å². The summed E-state index contributed by atoms with van der Waals surface area (Å²) in [5.74, 6) is 0. The predicted octanol–water partition coefficient (Wildman–Crippen LogP) is 3.17. The summed E-state index contributed by atoms with van der Waals surface area (Å²) < 4.78 is 0. The third kappa shape index (κ3) is 3.96. The lowest BCUT2D eigenvalue weighted by Crippen LogP contribution is -2.48. The van der Waals surface area contributed by atoms with Gasteiger partial charge in [0.25, 0.3) is 0 Å². The molecule has 1 aliphatic carbocycles. The highest BCUT2D eigenvalue weighted by atomic mass is 15.2. The fourth-order valence-electron chi connectivity index (χ4n) is 3.55. The van der Waals surface area contributed by atoms with Crippen molar-refractivity contribution in [2.24, 2.45) is 0 Å². The van der Waals surface area contributed by atoms with Crippen LogP contribution in [0.5, 0.6) is 0 Å². The number of likely N-dealkylation sites (tertiary alicyclic amines) is 1. The summed E-state index contributed by atoms with van der Waals surface area (Å²) in [5, 5.41) is 3.77. The highest BCUT2D eigenvalue weighted by Crippen LogP contribution is 2.26. The Bertz CT molecular complexity index is 197. The summed E-state index contributed by atoms with van der Waals surface area (Å²) >= 11 is 0. The van der Waals surface area contributed by atoms with Gasteiger partial charge in [-0.05, 0) is 51.7 Å². The van der Waals surface area contributed by atoms with E-state index in [0.29, 0.717) is 0 Å². The molecule has 1 saturated heterocycles. The molecule has 2 rings (SSSR count). The molecule has 1 saturated carbocycles. The number of nitrogens with zero attached hydrogens (tertiary/aromatic N) is 1. The Kier molecular flexibility index (Phi) is 5.79. The normalized spacial score (nSPS) is 32.3. The average molecular weight is 238 g/mol. The second-order valence-corrected chi connectivity index (χ2v) is 5.86. The molecule has 1 aliphatic heterocycles. The zero-order chi connectivity index (χ0) is 11.9. The van der Waals surface area contributed by atoms with E-state index in [1.54, 1.807) is 0 Å². The highest BCUT2D eigenvalue weighted by Gasteiger charge is 2.31. The topological polar surface area (TPSA) is 15.3 Å². The van der Waals surface area contributed by atoms with Crippen molar-refractivity contribution in [2.75, 3.05) is 19.6 Å². The standard InChI is InChI=1S/C15H30N2/c1-2-11-16-14-9-8-10-15(14)17-12-6-4-3-5-7-13-17/h14-16H,2-13H2,1H3. The molecule has 0 bridgehead atoms. The Morgan fingerprint density at radius 3 is 2.35 bits per heavy atom. The molecule has 0 amide bonds. The first-order valence-electron chi connectivity index (χ1n) is 7.89. The van der Waals surface area contributed by atoms with Crippen molar-refractivity contribution in [3.63, 3.8) is 0 Å². The van der Waals surface area contributed by atoms with Crippen LogP contribution in [0.3, 0.4) is 0 Å². The maximum absolute atomic E-state index is 3.77. The van der Waals surface area contributed by atoms with Crippen molar-refractivity contribution in [1.82, 2.24) is 10.2 Å². The van der Waals surface area contributed by atoms with E-state index in [2.05, 4.69) is 17.1 Å². The summed E-state index contributed by atoms with van der Waals surface area (Å²) in [6, 6.07) is 1.63. The van der Waals surface area contributed by atoms with Gasteiger partial charge >= 0.3 is 0 Å². The fraction of sp³-hybridized carbons (Fsp3) is 1.00. The molecule has 0 spiro atoms. The number of rotatable bonds is 4. The number of nitrogens with one attached hydrogen (secondary N) is 1. The molecule has 0 aromatic rings. The van der Waals surface area contributed by atoms with E-state index in [9.17, 15) is 0 Å². The van der Waals surface area contributed by atoms with Crippen LogP contribution >= 0.6 is 0 Å². The lowest BCUT2D eigenvalue weighted by molar-refractivity contribution is 0.158. The Balaban J connectivity index is 1.84. The van der Waals surface area contributed by atoms with Crippen molar-refractivity contribution in [3.05, 3.63) is 0 Å². The van der Waals surface area contributed by atoms with Crippen LogP contribution in [0.1, 0.15) is 64.7 Å². The molecule has 2 atom stereocenters. The van der Waals surface area contributed by atoms with Crippen LogP contribution in [0.2, 0.25) is 0 Å². The zero-order valence-corrected chi connectivity index (χ0v) is 11.6. The molecule has 2 unspecified atom stereocenters. The van der Waals surface area contributed by atoms with Crippen molar-refractivity contribution in [2.45, 2.75) is 76.8 Å². The molecular weight excluding hydrogens is 208 g/mol. The minimum atomic E-state index is 0.786. The zero-order valence-electron chi connectivity index (χ0n) is 11.6. The number of hydrogen-bond acceptors (Lipinski definition) is 2. The van der Waals surface area contributed by atoms with E-state index in [1.807, 2.05) is 0 Å². The van der Waals surface area contributed by atoms with Gasteiger partial charge in [-0.15, -0.1) is 0 Å². The molecule has 0 aromatic heterocycles. The van der Waals surface area contributed by atoms with Gasteiger partial charge < -0.3 is 5.32 Å². The number of hydrogen-bond donors (Lipinski definition) is 1. The van der Waals surface area contributed by atoms with Gasteiger partial charge in [-0.1, -0.05) is 32.6 Å². The van der Waals surface area contributed by atoms with Gasteiger partial charge in [0.2, 0.25) is 0 Å². The molecule has 2 nitrogen and oxygen atoms in total. The van der Waals surface area contributed by atoms with Crippen LogP contribution in [0, 0.1) is 0 Å². The van der Waals surface area contributed by atoms with Crippen LogP contribution in [-0.2, 0) is 0 Å². The van der Waals surface area contributed by atoms with Crippen LogP contribution in [0.25, 0.3) is 0 Å². The maximum atomic E-state index is 3.77. The van der Waals surface area contributed by atoms with Gasteiger partial charge in [0, 0.05) is 12.1 Å². The third-order valence-corrected chi connectivity index (χ3v) is 4.50. The molecule has 100 valence electrons. The molecule has 0 radical (unpaired) electrons. The summed E-state index contributed by atoms with van der Waals surface area (Å²) in [6.07, 6.45) is 12.8. The SMILES string of the molecule is CCCNC1CCCC1N1CCCCCCC1. The molecule has 2 heteroatoms. The third-order valence-electron chi connectivity index (χ3n) is 4.50. The Morgan fingerprint density at radius 1 is 0.941 bits per heavy atom. The predicted molar refractivity (Wildman–Crippen MR) is 74.4 cm³/mol. The quantitative estimate of drug-likeness (QED) is 0.809. The van der Waals surface area contributed by atoms with E-state index in [-0.39, 0.29) is 0 Å². The first-order valence-corrected chi connectivity index (χ1v) is 7.89. The second kappa shape index (κ2) is 7.38. The first-order chi connectivity index (χ1) is 8.42. The largest absolute Gasteiger partial charge is 0.312 e. The highest BCUT2D eigenvalue weighted by molar-refractivity contribution is 4.90. The molecule has 1 heterocycles. The van der Waals surface area contributed by atoms with Gasteiger partial charge in [-0.3, -0.25) is 4.90 Å². The lowest BCUT2D eigenvalue weighted by Gasteiger charge is -2.34. The molecule has 17 heavy (non-hydrogen) atoms. The van der Waals surface area contributed by atoms with Gasteiger partial charge in [0.05, 0.1) is 0 Å². The average Bonchev–Trinajstić information content (AvgIpc) is 2.74. The summed E-state index contributed by atoms with van der Waals surface area (Å²) in [5.41, 5.74) is 0. The van der Waals surface area contributed by atoms with Gasteiger partial charge in [-0.2, -0.15) is 0 Å². The molecule has 1 N–H and O–H groups in total. The van der Waals surface area contributed by atoms with E-state index in [0.717, 1.165) is 12.1 Å². The minimum Gasteiger partial charge on any atom is -0.312 e. The summed E-state index contributed by atoms with van der Waals surface area (Å²) in [4.78, 5) is 2.81. The second-order valence-electron chi connectivity index (χ2n) is 5.86. The van der Waals surface area contributed by atoms with E-state index < -0.39 is 0 Å². The maximum Gasteiger partial charge on any atom is 0.0249 e. The van der Waals surface area contributed by atoms with Crippen molar-refractivity contribution >= 4 is 0 Å². The smallest absolute Gasteiger partial charge is 0.0249 e. The molecule has 0 aromatic carbocycles. The van der Waals surface area contributed by atoms with E-state index in [1.165, 1.54) is 77.4 Å². The van der Waals surface area contributed by atoms with Crippen molar-refractivity contribution in [1.29, 1.82) is 0 Å². The Labute approximate surface area is 107 Å². The molecule has 2 fully saturated rings. The summed E-state index contributed by atoms with van der Waals surface area (Å²) in [7, 11) is 0. The summed E-state index contributed by atoms with van der Waals surface area (Å²) in [6.45, 7) is 6.19. The van der Waals surface area contributed by atoms with Crippen LogP contribution in [0.4, 0.5) is 0 Å². The van der Waals surface area contributed by atoms with Gasteiger partial charge in [0.15, 0.2) is 0 Å². The lowest BCUT2D eigenvalue weighted by atomic mass is 10.0. The van der Waals surface area contributed by atoms with Crippen LogP contribution in [0.15, 0.2) is 0 Å². The van der Waals surface area contributed by atoms with Crippen molar-refractivity contribution < 1.29 is 0 Å². The van der Waals surface area contributed by atoms with E-state index in [4.69, 9.17) is 0 Å². The minimum absolute atomic E-state index is 0.786. The Morgan fingerprint density at radius 2 is 1.65 bits per heavy atom. The Hall–Kier alpha value is -0.0800. The monoisotopic (exact) mass is 238 g/mol. The van der Waals surface area contributed by atoms with Crippen molar-refractivity contribution in [3.8, 4) is 0 Å². The first kappa shape index (κ1) is 13.4. The molecular formula is C15H30N2. The molecule has 2 aliphatic rings. The van der Waals surface area contributed by atoms with E-state index >= 15 is 0 Å².